The highest BCUT2D eigenvalue weighted by Gasteiger charge is 2.14. The molecule has 2 aromatic heterocycles. The van der Waals surface area contributed by atoms with E-state index in [4.69, 9.17) is 4.74 Å². The monoisotopic (exact) mass is 367 g/mol. The van der Waals surface area contributed by atoms with Crippen molar-refractivity contribution in [1.29, 1.82) is 0 Å². The molecule has 1 aromatic carbocycles. The molecule has 3 rings (SSSR count). The van der Waals surface area contributed by atoms with E-state index in [1.807, 2.05) is 12.1 Å². The summed E-state index contributed by atoms with van der Waals surface area (Å²) in [4.78, 5) is 31.5. The number of hydrogen-bond acceptors (Lipinski definition) is 5. The third-order valence-corrected chi connectivity index (χ3v) is 4.21. The summed E-state index contributed by atoms with van der Waals surface area (Å²) < 4.78 is 6.54. The average Bonchev–Trinajstić information content (AvgIpc) is 3.00. The van der Waals surface area contributed by atoms with Crippen molar-refractivity contribution in [2.75, 3.05) is 12.4 Å². The van der Waals surface area contributed by atoms with Crippen LogP contribution in [0.3, 0.4) is 0 Å². The van der Waals surface area contributed by atoms with Gasteiger partial charge in [-0.3, -0.25) is 14.6 Å². The minimum absolute atomic E-state index is 0.199. The predicted molar refractivity (Wildman–Crippen MR) is 102 cm³/mol. The zero-order valence-corrected chi connectivity index (χ0v) is 15.7. The molecule has 140 valence electrons. The Labute approximate surface area is 156 Å². The van der Waals surface area contributed by atoms with Crippen LogP contribution in [0, 0.1) is 20.8 Å². The first-order valence-electron chi connectivity index (χ1n) is 8.44. The number of methoxy groups -OCH3 is 1. The molecule has 0 saturated heterocycles. The number of ether oxygens (including phenoxy) is 1. The Morgan fingerprint density at radius 3 is 2.56 bits per heavy atom. The van der Waals surface area contributed by atoms with Crippen LogP contribution in [0.2, 0.25) is 0 Å². The molecule has 0 bridgehead atoms. The second-order valence-corrected chi connectivity index (χ2v) is 6.26. The molecule has 0 saturated carbocycles. The summed E-state index contributed by atoms with van der Waals surface area (Å²) in [5.74, 6) is 1.23. The molecule has 0 aliphatic rings. The fourth-order valence-electron chi connectivity index (χ4n) is 2.60. The quantitative estimate of drug-likeness (QED) is 0.719. The number of amides is 1. The van der Waals surface area contributed by atoms with Crippen LogP contribution in [0.5, 0.6) is 5.75 Å². The lowest BCUT2D eigenvalue weighted by molar-refractivity contribution is -0.115. The number of aromatic amines is 1. The van der Waals surface area contributed by atoms with E-state index in [1.165, 1.54) is 4.68 Å². The molecule has 0 aliphatic carbocycles. The van der Waals surface area contributed by atoms with E-state index in [1.54, 1.807) is 46.1 Å². The van der Waals surface area contributed by atoms with Gasteiger partial charge in [0, 0.05) is 17.3 Å². The maximum atomic E-state index is 12.4. The third-order valence-electron chi connectivity index (χ3n) is 4.21. The van der Waals surface area contributed by atoms with Crippen molar-refractivity contribution < 1.29 is 9.53 Å². The lowest BCUT2D eigenvalue weighted by atomic mass is 10.1. The van der Waals surface area contributed by atoms with Crippen molar-refractivity contribution >= 4 is 11.7 Å². The van der Waals surface area contributed by atoms with Gasteiger partial charge in [0.2, 0.25) is 11.9 Å². The number of nitrogens with zero attached hydrogens (tertiary/aromatic N) is 3. The summed E-state index contributed by atoms with van der Waals surface area (Å²) in [7, 11) is 1.59. The largest absolute Gasteiger partial charge is 0.497 e. The van der Waals surface area contributed by atoms with Crippen molar-refractivity contribution in [1.82, 2.24) is 19.7 Å². The molecule has 0 aliphatic heterocycles. The van der Waals surface area contributed by atoms with Gasteiger partial charge in [-0.1, -0.05) is 12.1 Å². The lowest BCUT2D eigenvalue weighted by Gasteiger charge is -2.09. The zero-order chi connectivity index (χ0) is 19.6. The highest BCUT2D eigenvalue weighted by atomic mass is 16.5. The van der Waals surface area contributed by atoms with Gasteiger partial charge in [0.05, 0.1) is 19.2 Å². The number of nitrogens with one attached hydrogen (secondary N) is 2. The number of rotatable bonds is 5. The number of carbonyl (C=O) groups excluding carboxylic acids is 1. The first-order chi connectivity index (χ1) is 12.9. The number of carbonyl (C=O) groups is 1. The van der Waals surface area contributed by atoms with E-state index in [0.29, 0.717) is 22.8 Å². The smallest absolute Gasteiger partial charge is 0.255 e. The number of H-pyrrole nitrogens is 1. The van der Waals surface area contributed by atoms with E-state index in [0.717, 1.165) is 11.3 Å². The van der Waals surface area contributed by atoms with Gasteiger partial charge in [0.15, 0.2) is 0 Å². The molecule has 1 amide bonds. The Bertz CT molecular complexity index is 1030. The molecule has 2 N–H and O–H groups in total. The van der Waals surface area contributed by atoms with E-state index >= 15 is 0 Å². The van der Waals surface area contributed by atoms with E-state index in [2.05, 4.69) is 20.4 Å². The Morgan fingerprint density at radius 1 is 1.22 bits per heavy atom. The Balaban J connectivity index is 1.83. The fourth-order valence-corrected chi connectivity index (χ4v) is 2.60. The fraction of sp³-hybridized carbons (Fsp3) is 0.263. The van der Waals surface area contributed by atoms with Crippen LogP contribution >= 0.6 is 0 Å². The molecular weight excluding hydrogens is 346 g/mol. The zero-order valence-electron chi connectivity index (χ0n) is 15.7. The molecule has 8 heteroatoms. The normalized spacial score (nSPS) is 10.7. The highest BCUT2D eigenvalue weighted by molar-refractivity contribution is 5.91. The summed E-state index contributed by atoms with van der Waals surface area (Å²) in [5.41, 5.74) is 2.47. The first-order valence-corrected chi connectivity index (χ1v) is 8.44. The van der Waals surface area contributed by atoms with Crippen molar-refractivity contribution in [2.45, 2.75) is 27.2 Å². The highest BCUT2D eigenvalue weighted by Crippen LogP contribution is 2.16. The van der Waals surface area contributed by atoms with Gasteiger partial charge in [-0.2, -0.15) is 9.78 Å². The van der Waals surface area contributed by atoms with Crippen molar-refractivity contribution in [3.63, 3.8) is 0 Å². The number of anilines is 1. The number of aryl methyl sites for hydroxylation is 2. The van der Waals surface area contributed by atoms with Crippen molar-refractivity contribution in [3.05, 3.63) is 63.2 Å². The van der Waals surface area contributed by atoms with Crippen LogP contribution in [-0.2, 0) is 11.2 Å². The number of aromatic nitrogens is 4. The topological polar surface area (TPSA) is 102 Å². The molecule has 2 heterocycles. The molecule has 0 radical (unpaired) electrons. The molecule has 3 aromatic rings. The van der Waals surface area contributed by atoms with Gasteiger partial charge in [-0.15, -0.1) is 0 Å². The Hall–Kier alpha value is -3.42. The Kier molecular flexibility index (Phi) is 5.07. The second kappa shape index (κ2) is 7.45. The van der Waals surface area contributed by atoms with Crippen molar-refractivity contribution in [2.24, 2.45) is 0 Å². The van der Waals surface area contributed by atoms with Crippen LogP contribution < -0.4 is 15.6 Å². The van der Waals surface area contributed by atoms with Gasteiger partial charge >= 0.3 is 0 Å². The first kappa shape index (κ1) is 18.4. The van der Waals surface area contributed by atoms with Crippen LogP contribution in [0.25, 0.3) is 5.95 Å². The minimum Gasteiger partial charge on any atom is -0.497 e. The molecule has 27 heavy (non-hydrogen) atoms. The van der Waals surface area contributed by atoms with Gasteiger partial charge in [-0.05, 0) is 38.5 Å². The van der Waals surface area contributed by atoms with E-state index < -0.39 is 0 Å². The number of hydrogen-bond donors (Lipinski definition) is 2. The molecular formula is C19H21N5O3. The van der Waals surface area contributed by atoms with Crippen LogP contribution in [-0.4, -0.2) is 32.8 Å². The standard InChI is InChI=1S/C19H21N5O3/c1-11-9-16(21-17(25)10-14-5-7-15(27-4)8-6-14)24(23-11)19-20-13(3)12(2)18(26)22-19/h5-9H,10H2,1-4H3,(H,21,25)(H,20,22,26). The van der Waals surface area contributed by atoms with Gasteiger partial charge < -0.3 is 10.1 Å². The maximum absolute atomic E-state index is 12.4. The summed E-state index contributed by atoms with van der Waals surface area (Å²) in [6, 6.07) is 9.01. The van der Waals surface area contributed by atoms with Gasteiger partial charge in [0.25, 0.3) is 5.56 Å². The second-order valence-electron chi connectivity index (χ2n) is 6.26. The molecule has 0 spiro atoms. The van der Waals surface area contributed by atoms with E-state index in [9.17, 15) is 9.59 Å². The third kappa shape index (κ3) is 4.05. The SMILES string of the molecule is COc1ccc(CC(=O)Nc2cc(C)nn2-c2nc(C)c(C)c(=O)[nH]2)cc1. The molecule has 8 nitrogen and oxygen atoms in total. The van der Waals surface area contributed by atoms with Gasteiger partial charge in [0.1, 0.15) is 11.6 Å². The van der Waals surface area contributed by atoms with Crippen LogP contribution in [0.1, 0.15) is 22.5 Å². The van der Waals surface area contributed by atoms with Crippen LogP contribution in [0.4, 0.5) is 5.82 Å². The lowest BCUT2D eigenvalue weighted by Crippen LogP contribution is -2.21. The van der Waals surface area contributed by atoms with Gasteiger partial charge in [-0.25, -0.2) is 4.98 Å². The molecule has 0 atom stereocenters. The summed E-state index contributed by atoms with van der Waals surface area (Å²) in [6.45, 7) is 5.26. The number of benzene rings is 1. The summed E-state index contributed by atoms with van der Waals surface area (Å²) in [6.07, 6.45) is 0.199. The molecule has 0 fully saturated rings. The Morgan fingerprint density at radius 2 is 1.93 bits per heavy atom. The average molecular weight is 367 g/mol. The maximum Gasteiger partial charge on any atom is 0.255 e. The van der Waals surface area contributed by atoms with Crippen molar-refractivity contribution in [3.8, 4) is 11.7 Å². The minimum atomic E-state index is -0.235. The predicted octanol–water partition coefficient (Wildman–Crippen LogP) is 2.07. The summed E-state index contributed by atoms with van der Waals surface area (Å²) in [5, 5.41) is 7.16. The summed E-state index contributed by atoms with van der Waals surface area (Å²) >= 11 is 0. The molecule has 0 unspecified atom stereocenters. The van der Waals surface area contributed by atoms with E-state index in [-0.39, 0.29) is 23.8 Å². The van der Waals surface area contributed by atoms with Crippen LogP contribution in [0.15, 0.2) is 35.1 Å².